The Bertz CT molecular complexity index is 697. The molecule has 5 nitrogen and oxygen atoms in total. The van der Waals surface area contributed by atoms with Crippen molar-refractivity contribution in [1.29, 1.82) is 0 Å². The summed E-state index contributed by atoms with van der Waals surface area (Å²) in [5.41, 5.74) is 1.96. The number of rotatable bonds is 3. The van der Waals surface area contributed by atoms with E-state index in [1.807, 2.05) is 31.7 Å². The van der Waals surface area contributed by atoms with Crippen molar-refractivity contribution in [3.63, 3.8) is 0 Å². The van der Waals surface area contributed by atoms with Crippen molar-refractivity contribution in [3.8, 4) is 0 Å². The Kier molecular flexibility index (Phi) is 4.20. The van der Waals surface area contributed by atoms with E-state index in [9.17, 15) is 4.79 Å². The van der Waals surface area contributed by atoms with Gasteiger partial charge in [0.05, 0.1) is 17.1 Å². The molecule has 116 valence electrons. The van der Waals surface area contributed by atoms with Crippen LogP contribution in [0, 0.1) is 20.8 Å². The Labute approximate surface area is 134 Å². The topological polar surface area (TPSA) is 59.0 Å². The first-order valence-corrected chi connectivity index (χ1v) is 8.35. The standard InChI is InChI=1S/C16H20N4OS/c1-10-4-6-17-16(18-10)13-5-7-20(9-13)15(21)8-14-11(2)19-12(3)22-14/h4,6,13H,5,7-9H2,1-3H3/t13-/m1/s1. The van der Waals surface area contributed by atoms with E-state index in [1.165, 1.54) is 0 Å². The Morgan fingerprint density at radius 1 is 1.36 bits per heavy atom. The van der Waals surface area contributed by atoms with Gasteiger partial charge >= 0.3 is 0 Å². The van der Waals surface area contributed by atoms with Crippen LogP contribution in [-0.2, 0) is 11.2 Å². The van der Waals surface area contributed by atoms with E-state index in [1.54, 1.807) is 17.5 Å². The van der Waals surface area contributed by atoms with E-state index in [0.29, 0.717) is 6.42 Å². The third-order valence-electron chi connectivity index (χ3n) is 4.03. The highest BCUT2D eigenvalue weighted by atomic mass is 32.1. The van der Waals surface area contributed by atoms with Gasteiger partial charge in [-0.25, -0.2) is 15.0 Å². The van der Waals surface area contributed by atoms with Crippen LogP contribution in [0.1, 0.15) is 39.4 Å². The molecule has 0 spiro atoms. The van der Waals surface area contributed by atoms with E-state index < -0.39 is 0 Å². The lowest BCUT2D eigenvalue weighted by Crippen LogP contribution is -2.30. The van der Waals surface area contributed by atoms with Gasteiger partial charge in [-0.3, -0.25) is 4.79 Å². The highest BCUT2D eigenvalue weighted by molar-refractivity contribution is 7.11. The van der Waals surface area contributed by atoms with Gasteiger partial charge in [0.1, 0.15) is 5.82 Å². The fourth-order valence-electron chi connectivity index (χ4n) is 2.85. The van der Waals surface area contributed by atoms with E-state index in [0.717, 1.165) is 46.6 Å². The van der Waals surface area contributed by atoms with Crippen LogP contribution in [0.25, 0.3) is 0 Å². The predicted octanol–water partition coefficient (Wildman–Crippen LogP) is 2.42. The van der Waals surface area contributed by atoms with E-state index in [2.05, 4.69) is 15.0 Å². The first-order chi connectivity index (χ1) is 10.5. The molecule has 1 atom stereocenters. The van der Waals surface area contributed by atoms with Gasteiger partial charge in [-0.05, 0) is 33.3 Å². The lowest BCUT2D eigenvalue weighted by molar-refractivity contribution is -0.129. The molecule has 1 aliphatic rings. The first-order valence-electron chi connectivity index (χ1n) is 7.53. The molecule has 0 unspecified atom stereocenters. The first kappa shape index (κ1) is 15.1. The van der Waals surface area contributed by atoms with Crippen LogP contribution in [0.3, 0.4) is 0 Å². The van der Waals surface area contributed by atoms with E-state index in [-0.39, 0.29) is 11.8 Å². The van der Waals surface area contributed by atoms with Crippen molar-refractivity contribution in [1.82, 2.24) is 19.9 Å². The molecule has 1 amide bonds. The molecule has 0 aromatic carbocycles. The van der Waals surface area contributed by atoms with Gasteiger partial charge in [0.25, 0.3) is 0 Å². The summed E-state index contributed by atoms with van der Waals surface area (Å²) in [6.45, 7) is 7.43. The summed E-state index contributed by atoms with van der Waals surface area (Å²) >= 11 is 1.62. The van der Waals surface area contributed by atoms with Gasteiger partial charge in [0.2, 0.25) is 5.91 Å². The Balaban J connectivity index is 1.65. The van der Waals surface area contributed by atoms with Crippen molar-refractivity contribution < 1.29 is 4.79 Å². The molecule has 3 rings (SSSR count). The monoisotopic (exact) mass is 316 g/mol. The average molecular weight is 316 g/mol. The van der Waals surface area contributed by atoms with Crippen LogP contribution < -0.4 is 0 Å². The van der Waals surface area contributed by atoms with Crippen LogP contribution in [0.4, 0.5) is 0 Å². The zero-order chi connectivity index (χ0) is 15.7. The number of likely N-dealkylation sites (tertiary alicyclic amines) is 1. The number of hydrogen-bond donors (Lipinski definition) is 0. The Morgan fingerprint density at radius 2 is 2.18 bits per heavy atom. The normalized spacial score (nSPS) is 18.0. The number of carbonyl (C=O) groups excluding carboxylic acids is 1. The summed E-state index contributed by atoms with van der Waals surface area (Å²) in [5, 5.41) is 1.02. The molecule has 0 saturated carbocycles. The van der Waals surface area contributed by atoms with Crippen LogP contribution >= 0.6 is 11.3 Å². The maximum absolute atomic E-state index is 12.5. The molecule has 0 radical (unpaired) electrons. The van der Waals surface area contributed by atoms with Crippen molar-refractivity contribution in [3.05, 3.63) is 39.4 Å². The lowest BCUT2D eigenvalue weighted by atomic mass is 10.1. The molecule has 0 bridgehead atoms. The summed E-state index contributed by atoms with van der Waals surface area (Å²) < 4.78 is 0. The number of carbonyl (C=O) groups is 1. The van der Waals surface area contributed by atoms with Crippen molar-refractivity contribution in [2.75, 3.05) is 13.1 Å². The number of thiazole rings is 1. The highest BCUT2D eigenvalue weighted by Gasteiger charge is 2.29. The fourth-order valence-corrected chi connectivity index (χ4v) is 3.78. The Hall–Kier alpha value is -1.82. The van der Waals surface area contributed by atoms with Gasteiger partial charge in [0, 0.05) is 35.8 Å². The lowest BCUT2D eigenvalue weighted by Gasteiger charge is -2.16. The summed E-state index contributed by atoms with van der Waals surface area (Å²) in [7, 11) is 0. The molecule has 2 aromatic heterocycles. The van der Waals surface area contributed by atoms with E-state index >= 15 is 0 Å². The zero-order valence-corrected chi connectivity index (χ0v) is 14.0. The molecule has 1 saturated heterocycles. The van der Waals surface area contributed by atoms with Crippen LogP contribution in [0.15, 0.2) is 12.3 Å². The fraction of sp³-hybridized carbons (Fsp3) is 0.500. The van der Waals surface area contributed by atoms with Gasteiger partial charge < -0.3 is 4.90 Å². The minimum absolute atomic E-state index is 0.182. The number of nitrogens with zero attached hydrogens (tertiary/aromatic N) is 4. The molecular weight excluding hydrogens is 296 g/mol. The molecule has 2 aromatic rings. The van der Waals surface area contributed by atoms with Gasteiger partial charge in [-0.2, -0.15) is 0 Å². The number of hydrogen-bond acceptors (Lipinski definition) is 5. The molecular formula is C16H20N4OS. The van der Waals surface area contributed by atoms with Crippen LogP contribution in [0.5, 0.6) is 0 Å². The van der Waals surface area contributed by atoms with Crippen LogP contribution in [0.2, 0.25) is 0 Å². The highest BCUT2D eigenvalue weighted by Crippen LogP contribution is 2.26. The van der Waals surface area contributed by atoms with Crippen molar-refractivity contribution >= 4 is 17.2 Å². The third kappa shape index (κ3) is 3.16. The van der Waals surface area contributed by atoms with Crippen molar-refractivity contribution in [2.45, 2.75) is 39.5 Å². The molecule has 1 fully saturated rings. The van der Waals surface area contributed by atoms with E-state index in [4.69, 9.17) is 0 Å². The number of aryl methyl sites for hydroxylation is 3. The minimum Gasteiger partial charge on any atom is -0.342 e. The molecule has 1 aliphatic heterocycles. The SMILES string of the molecule is Cc1ccnc([C@@H]2CCN(C(=O)Cc3sc(C)nc3C)C2)n1. The second kappa shape index (κ2) is 6.12. The smallest absolute Gasteiger partial charge is 0.227 e. The quantitative estimate of drug-likeness (QED) is 0.872. The number of amides is 1. The molecule has 3 heterocycles. The third-order valence-corrected chi connectivity index (χ3v) is 5.10. The molecule has 0 aliphatic carbocycles. The Morgan fingerprint density at radius 3 is 2.86 bits per heavy atom. The number of aromatic nitrogens is 3. The molecule has 0 N–H and O–H groups in total. The minimum atomic E-state index is 0.182. The molecule has 6 heteroatoms. The largest absolute Gasteiger partial charge is 0.342 e. The van der Waals surface area contributed by atoms with Gasteiger partial charge in [-0.1, -0.05) is 0 Å². The van der Waals surface area contributed by atoms with Gasteiger partial charge in [0.15, 0.2) is 0 Å². The maximum atomic E-state index is 12.5. The van der Waals surface area contributed by atoms with Crippen LogP contribution in [-0.4, -0.2) is 38.8 Å². The second-order valence-electron chi connectivity index (χ2n) is 5.80. The summed E-state index contributed by atoms with van der Waals surface area (Å²) in [6.07, 6.45) is 3.19. The van der Waals surface area contributed by atoms with Gasteiger partial charge in [-0.15, -0.1) is 11.3 Å². The second-order valence-corrected chi connectivity index (χ2v) is 7.09. The molecule has 22 heavy (non-hydrogen) atoms. The summed E-state index contributed by atoms with van der Waals surface area (Å²) in [4.78, 5) is 28.7. The summed E-state index contributed by atoms with van der Waals surface area (Å²) in [6, 6.07) is 1.90. The average Bonchev–Trinajstić information content (AvgIpc) is 3.06. The maximum Gasteiger partial charge on any atom is 0.227 e. The predicted molar refractivity (Wildman–Crippen MR) is 86.0 cm³/mol. The van der Waals surface area contributed by atoms with Crippen molar-refractivity contribution in [2.24, 2.45) is 0 Å². The summed E-state index contributed by atoms with van der Waals surface area (Å²) in [5.74, 6) is 1.30. The zero-order valence-electron chi connectivity index (χ0n) is 13.2.